The number of amides is 1. The van der Waals surface area contributed by atoms with Crippen LogP contribution in [-0.4, -0.2) is 5.91 Å². The zero-order valence-corrected chi connectivity index (χ0v) is 14.2. The van der Waals surface area contributed by atoms with Crippen LogP contribution in [0, 0.1) is 31.0 Å². The number of aryl methyl sites for hydroxylation is 2. The lowest BCUT2D eigenvalue weighted by Crippen LogP contribution is -2.14. The van der Waals surface area contributed by atoms with Gasteiger partial charge in [-0.2, -0.15) is 5.26 Å². The molecule has 0 saturated heterocycles. The van der Waals surface area contributed by atoms with Crippen molar-refractivity contribution in [2.75, 3.05) is 5.32 Å². The number of nitrogens with one attached hydrogen (secondary N) is 1. The van der Waals surface area contributed by atoms with Gasteiger partial charge in [0.05, 0.1) is 0 Å². The van der Waals surface area contributed by atoms with Gasteiger partial charge < -0.3 is 5.32 Å². The van der Waals surface area contributed by atoms with Crippen LogP contribution >= 0.6 is 15.9 Å². The predicted molar refractivity (Wildman–Crippen MR) is 92.2 cm³/mol. The Morgan fingerprint density at radius 2 is 2.00 bits per heavy atom. The van der Waals surface area contributed by atoms with Crippen LogP contribution < -0.4 is 5.32 Å². The van der Waals surface area contributed by atoms with Crippen molar-refractivity contribution in [2.24, 2.45) is 0 Å². The lowest BCUT2D eigenvalue weighted by molar-refractivity contribution is -0.112. The second-order valence-corrected chi connectivity index (χ2v) is 6.02. The van der Waals surface area contributed by atoms with Gasteiger partial charge in [-0.1, -0.05) is 39.7 Å². The normalized spacial score (nSPS) is 11.0. The Morgan fingerprint density at radius 3 is 2.61 bits per heavy atom. The van der Waals surface area contributed by atoms with Crippen LogP contribution in [0.2, 0.25) is 0 Å². The number of halogens is 2. The van der Waals surface area contributed by atoms with E-state index in [4.69, 9.17) is 0 Å². The van der Waals surface area contributed by atoms with Crippen molar-refractivity contribution in [3.05, 3.63) is 69.0 Å². The van der Waals surface area contributed by atoms with Crippen LogP contribution in [0.1, 0.15) is 16.7 Å². The van der Waals surface area contributed by atoms with E-state index in [9.17, 15) is 14.4 Å². The lowest BCUT2D eigenvalue weighted by atomic mass is 10.1. The molecule has 2 aromatic carbocycles. The predicted octanol–water partition coefficient (Wildman–Crippen LogP) is 4.75. The Balaban J connectivity index is 2.28. The molecule has 0 aliphatic carbocycles. The Morgan fingerprint density at radius 1 is 1.26 bits per heavy atom. The molecule has 2 rings (SSSR count). The number of carbonyl (C=O) groups excluding carboxylic acids is 1. The summed E-state index contributed by atoms with van der Waals surface area (Å²) in [6, 6.07) is 11.8. The molecule has 1 N–H and O–H groups in total. The van der Waals surface area contributed by atoms with E-state index >= 15 is 0 Å². The highest BCUT2D eigenvalue weighted by molar-refractivity contribution is 9.10. The van der Waals surface area contributed by atoms with Crippen LogP contribution in [0.25, 0.3) is 6.08 Å². The molecule has 0 bridgehead atoms. The smallest absolute Gasteiger partial charge is 0.266 e. The summed E-state index contributed by atoms with van der Waals surface area (Å²) in [6.45, 7) is 3.82. The summed E-state index contributed by atoms with van der Waals surface area (Å²) in [5, 5.41) is 11.9. The molecule has 0 spiro atoms. The summed E-state index contributed by atoms with van der Waals surface area (Å²) in [6.07, 6.45) is 1.24. The van der Waals surface area contributed by atoms with E-state index in [2.05, 4.69) is 21.2 Å². The highest BCUT2D eigenvalue weighted by Gasteiger charge is 2.12. The number of hydrogen-bond acceptors (Lipinski definition) is 2. The Hall–Kier alpha value is -2.45. The van der Waals surface area contributed by atoms with Gasteiger partial charge in [-0.05, 0) is 43.7 Å². The monoisotopic (exact) mass is 372 g/mol. The summed E-state index contributed by atoms with van der Waals surface area (Å²) < 4.78 is 14.4. The maximum atomic E-state index is 13.8. The molecule has 1 amide bonds. The quantitative estimate of drug-likeness (QED) is 0.624. The number of carbonyl (C=O) groups is 1. The fourth-order valence-corrected chi connectivity index (χ4v) is 2.40. The number of rotatable bonds is 3. The van der Waals surface area contributed by atoms with E-state index in [0.29, 0.717) is 10.2 Å². The minimum atomic E-state index is -0.568. The average Bonchev–Trinajstić information content (AvgIpc) is 2.49. The molecular weight excluding hydrogens is 359 g/mol. The zero-order valence-electron chi connectivity index (χ0n) is 12.7. The van der Waals surface area contributed by atoms with Crippen LogP contribution in [-0.2, 0) is 4.79 Å². The van der Waals surface area contributed by atoms with Gasteiger partial charge in [0.1, 0.15) is 17.5 Å². The van der Waals surface area contributed by atoms with E-state index in [0.717, 1.165) is 11.1 Å². The van der Waals surface area contributed by atoms with Crippen molar-refractivity contribution in [2.45, 2.75) is 13.8 Å². The van der Waals surface area contributed by atoms with Gasteiger partial charge in [-0.3, -0.25) is 4.79 Å². The Kier molecular flexibility index (Phi) is 5.30. The van der Waals surface area contributed by atoms with Crippen molar-refractivity contribution >= 4 is 33.6 Å². The molecule has 23 heavy (non-hydrogen) atoms. The summed E-state index contributed by atoms with van der Waals surface area (Å²) in [5.41, 5.74) is 2.61. The minimum Gasteiger partial charge on any atom is -0.321 e. The van der Waals surface area contributed by atoms with Gasteiger partial charge in [-0.15, -0.1) is 0 Å². The molecule has 0 atom stereocenters. The molecule has 3 nitrogen and oxygen atoms in total. The number of benzene rings is 2. The molecule has 0 heterocycles. The van der Waals surface area contributed by atoms with Crippen molar-refractivity contribution in [1.29, 1.82) is 5.26 Å². The third-order valence-electron chi connectivity index (χ3n) is 3.26. The van der Waals surface area contributed by atoms with E-state index in [-0.39, 0.29) is 11.1 Å². The first-order valence-corrected chi connectivity index (χ1v) is 7.65. The van der Waals surface area contributed by atoms with Gasteiger partial charge in [0.2, 0.25) is 0 Å². The van der Waals surface area contributed by atoms with Crippen molar-refractivity contribution in [3.8, 4) is 6.07 Å². The number of hydrogen-bond donors (Lipinski definition) is 1. The fourth-order valence-electron chi connectivity index (χ4n) is 2.07. The maximum Gasteiger partial charge on any atom is 0.266 e. The Bertz CT molecular complexity index is 837. The van der Waals surface area contributed by atoms with Gasteiger partial charge in [0, 0.05) is 15.7 Å². The SMILES string of the molecule is Cc1ccc(NC(=O)/C(C#N)=C/c2ccc(Br)cc2F)c(C)c1. The van der Waals surface area contributed by atoms with Gasteiger partial charge in [0.15, 0.2) is 0 Å². The van der Waals surface area contributed by atoms with Gasteiger partial charge in [-0.25, -0.2) is 4.39 Å². The topological polar surface area (TPSA) is 52.9 Å². The fraction of sp³-hybridized carbons (Fsp3) is 0.111. The maximum absolute atomic E-state index is 13.8. The molecule has 0 unspecified atom stereocenters. The third kappa shape index (κ3) is 4.27. The van der Waals surface area contributed by atoms with E-state index in [1.54, 1.807) is 12.1 Å². The largest absolute Gasteiger partial charge is 0.321 e. The first-order chi connectivity index (χ1) is 10.9. The minimum absolute atomic E-state index is 0.161. The summed E-state index contributed by atoms with van der Waals surface area (Å²) in [5.74, 6) is -1.08. The summed E-state index contributed by atoms with van der Waals surface area (Å²) in [4.78, 5) is 12.2. The second kappa shape index (κ2) is 7.21. The molecule has 0 aliphatic heterocycles. The molecule has 0 fully saturated rings. The lowest BCUT2D eigenvalue weighted by Gasteiger charge is -2.08. The van der Waals surface area contributed by atoms with Crippen molar-refractivity contribution < 1.29 is 9.18 Å². The molecule has 0 saturated carbocycles. The standard InChI is InChI=1S/C18H14BrFN2O/c1-11-3-6-17(12(2)7-11)22-18(23)14(10-21)8-13-4-5-15(19)9-16(13)20/h3-9H,1-2H3,(H,22,23)/b14-8+. The first-order valence-electron chi connectivity index (χ1n) is 6.86. The first kappa shape index (κ1) is 16.9. The zero-order chi connectivity index (χ0) is 17.0. The van der Waals surface area contributed by atoms with E-state index in [1.807, 2.05) is 32.0 Å². The van der Waals surface area contributed by atoms with Gasteiger partial charge >= 0.3 is 0 Å². The van der Waals surface area contributed by atoms with Crippen LogP contribution in [0.5, 0.6) is 0 Å². The second-order valence-electron chi connectivity index (χ2n) is 5.11. The molecule has 0 aromatic heterocycles. The highest BCUT2D eigenvalue weighted by atomic mass is 79.9. The molecule has 0 aliphatic rings. The van der Waals surface area contributed by atoms with Crippen LogP contribution in [0.4, 0.5) is 10.1 Å². The van der Waals surface area contributed by atoms with E-state index in [1.165, 1.54) is 18.2 Å². The number of nitriles is 1. The van der Waals surface area contributed by atoms with Crippen molar-refractivity contribution in [3.63, 3.8) is 0 Å². The molecule has 2 aromatic rings. The molecule has 116 valence electrons. The number of nitrogens with zero attached hydrogens (tertiary/aromatic N) is 1. The summed E-state index contributed by atoms with van der Waals surface area (Å²) >= 11 is 3.16. The van der Waals surface area contributed by atoms with Crippen molar-refractivity contribution in [1.82, 2.24) is 0 Å². The highest BCUT2D eigenvalue weighted by Crippen LogP contribution is 2.20. The number of anilines is 1. The summed E-state index contributed by atoms with van der Waals surface area (Å²) in [7, 11) is 0. The van der Waals surface area contributed by atoms with Crippen LogP contribution in [0.3, 0.4) is 0 Å². The van der Waals surface area contributed by atoms with E-state index < -0.39 is 11.7 Å². The Labute approximate surface area is 142 Å². The van der Waals surface area contributed by atoms with Gasteiger partial charge in [0.25, 0.3) is 5.91 Å². The molecule has 5 heteroatoms. The average molecular weight is 373 g/mol. The molecule has 0 radical (unpaired) electrons. The third-order valence-corrected chi connectivity index (χ3v) is 3.75. The van der Waals surface area contributed by atoms with Crippen LogP contribution in [0.15, 0.2) is 46.4 Å². The molecular formula is C18H14BrFN2O.